The van der Waals surface area contributed by atoms with Gasteiger partial charge in [0.25, 0.3) is 0 Å². The van der Waals surface area contributed by atoms with Crippen LogP contribution >= 0.6 is 0 Å². The second kappa shape index (κ2) is 22.9. The molecule has 7 nitrogen and oxygen atoms in total. The Balaban J connectivity index is 0.912. The van der Waals surface area contributed by atoms with Crippen LogP contribution < -0.4 is 9.80 Å². The highest BCUT2D eigenvalue weighted by Gasteiger charge is 2.27. The summed E-state index contributed by atoms with van der Waals surface area (Å²) in [7, 11) is 0. The number of anilines is 6. The summed E-state index contributed by atoms with van der Waals surface area (Å²) in [4.78, 5) is 28.3. The topological polar surface area (TPSA) is 63.0 Å². The molecule has 16 aromatic carbocycles. The Bertz CT molecular complexity index is 6140. The number of aromatic nitrogens is 5. The lowest BCUT2D eigenvalue weighted by Crippen LogP contribution is -2.10. The lowest BCUT2D eigenvalue weighted by atomic mass is 9.91. The molecule has 3 aromatic heterocycles. The molecule has 0 radical (unpaired) electrons. The molecule has 0 aliphatic rings. The monoisotopic (exact) mass is 1240 g/mol. The van der Waals surface area contributed by atoms with E-state index in [1.54, 1.807) is 0 Å². The molecule has 0 unspecified atom stereocenters. The molecule has 19 rings (SSSR count). The van der Waals surface area contributed by atoms with Crippen molar-refractivity contribution in [3.63, 3.8) is 0 Å². The summed E-state index contributed by atoms with van der Waals surface area (Å²) in [6.07, 6.45) is 0. The highest BCUT2D eigenvalue weighted by atomic mass is 15.2. The van der Waals surface area contributed by atoms with Crippen LogP contribution in [-0.4, -0.2) is 24.5 Å². The van der Waals surface area contributed by atoms with Gasteiger partial charge in [-0.25, -0.2) is 19.9 Å². The molecule has 0 aliphatic carbocycles. The van der Waals surface area contributed by atoms with E-state index in [-0.39, 0.29) is 0 Å². The molecule has 0 saturated carbocycles. The average Bonchev–Trinajstić information content (AvgIpc) is 1.68. The minimum absolute atomic E-state index is 0.539. The second-order valence-electron chi connectivity index (χ2n) is 24.9. The summed E-state index contributed by atoms with van der Waals surface area (Å²) in [6.45, 7) is 0. The Morgan fingerprint density at radius 2 is 0.629 bits per heavy atom. The summed E-state index contributed by atoms with van der Waals surface area (Å²) in [5, 5.41) is 13.0. The predicted octanol–water partition coefficient (Wildman–Crippen LogP) is 24.0. The summed E-state index contributed by atoms with van der Waals surface area (Å²) in [6, 6.07) is 124. The number of hydrogen-bond acceptors (Lipinski definition) is 6. The SMILES string of the molecule is c1ccc(-c2ccc3c(c2)c2c4nc5c6ccc(N(c7ccccc7)c7ccccc7)cc6c6cc(N(c7ccccc7)c7ccccc7)ccc6c5nc4ccc2n3-c2nc(-c3ccc4ccccc4c3)c(-c3ccc4ccccc4c3)c(-c3ccc4ccccc4c3)n2)cc1. The molecule has 0 bridgehead atoms. The number of para-hydroxylation sites is 4. The zero-order chi connectivity index (χ0) is 63.9. The van der Waals surface area contributed by atoms with Crippen LogP contribution in [0.25, 0.3) is 148 Å². The molecule has 0 atom stereocenters. The fraction of sp³-hybridized carbons (Fsp3) is 0. The van der Waals surface area contributed by atoms with Crippen molar-refractivity contribution in [2.75, 3.05) is 9.80 Å². The van der Waals surface area contributed by atoms with E-state index >= 15 is 0 Å². The highest BCUT2D eigenvalue weighted by Crippen LogP contribution is 2.47. The van der Waals surface area contributed by atoms with E-state index < -0.39 is 0 Å². The van der Waals surface area contributed by atoms with Gasteiger partial charge in [0.15, 0.2) is 0 Å². The highest BCUT2D eigenvalue weighted by molar-refractivity contribution is 6.27. The van der Waals surface area contributed by atoms with Crippen molar-refractivity contribution in [3.05, 3.63) is 346 Å². The van der Waals surface area contributed by atoms with Gasteiger partial charge in [0.2, 0.25) is 5.95 Å². The number of rotatable bonds is 11. The van der Waals surface area contributed by atoms with Crippen molar-refractivity contribution in [2.45, 2.75) is 0 Å². The molecule has 0 N–H and O–H groups in total. The Labute approximate surface area is 559 Å². The maximum atomic E-state index is 6.01. The molecule has 0 saturated heterocycles. The van der Waals surface area contributed by atoms with E-state index in [4.69, 9.17) is 19.9 Å². The molecular weight excluding hydrogens is 1180 g/mol. The van der Waals surface area contributed by atoms with Crippen molar-refractivity contribution in [1.82, 2.24) is 24.5 Å². The molecule has 452 valence electrons. The van der Waals surface area contributed by atoms with Gasteiger partial charge in [-0.1, -0.05) is 231 Å². The summed E-state index contributed by atoms with van der Waals surface area (Å²) >= 11 is 0. The third-order valence-electron chi connectivity index (χ3n) is 19.2. The minimum Gasteiger partial charge on any atom is -0.310 e. The fourth-order valence-electron chi connectivity index (χ4n) is 14.7. The molecular formula is C90H57N7. The quantitative estimate of drug-likeness (QED) is 0.0950. The van der Waals surface area contributed by atoms with Crippen LogP contribution in [0.4, 0.5) is 34.1 Å². The molecule has 0 spiro atoms. The zero-order valence-electron chi connectivity index (χ0n) is 52.5. The van der Waals surface area contributed by atoms with Crippen molar-refractivity contribution in [2.24, 2.45) is 0 Å². The van der Waals surface area contributed by atoms with Gasteiger partial charge in [-0.3, -0.25) is 4.57 Å². The van der Waals surface area contributed by atoms with Gasteiger partial charge in [-0.15, -0.1) is 0 Å². The number of benzene rings is 16. The largest absolute Gasteiger partial charge is 0.310 e. The summed E-state index contributed by atoms with van der Waals surface area (Å²) in [5.41, 5.74) is 19.1. The van der Waals surface area contributed by atoms with E-state index in [1.807, 2.05) is 0 Å². The van der Waals surface area contributed by atoms with Crippen LogP contribution in [0, 0.1) is 0 Å². The average molecular weight is 1240 g/mol. The Morgan fingerprint density at radius 1 is 0.227 bits per heavy atom. The van der Waals surface area contributed by atoms with E-state index in [0.717, 1.165) is 171 Å². The third kappa shape index (κ3) is 9.51. The first-order valence-electron chi connectivity index (χ1n) is 32.9. The molecule has 97 heavy (non-hydrogen) atoms. The van der Waals surface area contributed by atoms with E-state index in [0.29, 0.717) is 5.95 Å². The number of nitrogens with zero attached hydrogens (tertiary/aromatic N) is 7. The smallest absolute Gasteiger partial charge is 0.235 e. The standard InChI is InChI=1S/C90H57N7/c1-6-22-58(23-7-1)65-44-50-81-79(55-65)84-82(97(81)90-93-85(67-42-39-60-25-17-20-28-63(60)53-67)83(66-41-38-59-24-16-19-27-62(59)52-66)86(94-90)68-43-40-61-26-18-21-29-64(61)54-68)51-49-80-89(84)92-88-76-48-46-74(96(71-34-12-4-13-35-71)72-36-14-5-15-37-72)57-78(76)77-56-73(45-47-75(77)87(88)91-80)95(69-30-8-2-9-31-69)70-32-10-3-11-33-70/h1-57H. The van der Waals surface area contributed by atoms with Crippen LogP contribution in [0.15, 0.2) is 346 Å². The second-order valence-corrected chi connectivity index (χ2v) is 24.9. The normalized spacial score (nSPS) is 11.7. The van der Waals surface area contributed by atoms with Crippen molar-refractivity contribution < 1.29 is 0 Å². The first kappa shape index (κ1) is 55.5. The van der Waals surface area contributed by atoms with Gasteiger partial charge in [-0.2, -0.15) is 0 Å². The van der Waals surface area contributed by atoms with Gasteiger partial charge in [0, 0.05) is 72.4 Å². The van der Waals surface area contributed by atoms with Crippen LogP contribution in [0.3, 0.4) is 0 Å². The molecule has 19 aromatic rings. The Kier molecular flexibility index (Phi) is 13.1. The fourth-order valence-corrected chi connectivity index (χ4v) is 14.7. The predicted molar refractivity (Wildman–Crippen MR) is 406 cm³/mol. The molecule has 0 aliphatic heterocycles. The molecule has 3 heterocycles. The lowest BCUT2D eigenvalue weighted by Gasteiger charge is -2.27. The van der Waals surface area contributed by atoms with Gasteiger partial charge in [-0.05, 0) is 175 Å². The third-order valence-corrected chi connectivity index (χ3v) is 19.2. The minimum atomic E-state index is 0.539. The zero-order valence-corrected chi connectivity index (χ0v) is 52.5. The maximum Gasteiger partial charge on any atom is 0.235 e. The van der Waals surface area contributed by atoms with Gasteiger partial charge in [0.1, 0.15) is 0 Å². The molecule has 0 amide bonds. The first-order chi connectivity index (χ1) is 48.1. The van der Waals surface area contributed by atoms with E-state index in [9.17, 15) is 0 Å². The van der Waals surface area contributed by atoms with Crippen molar-refractivity contribution in [1.29, 1.82) is 0 Å². The first-order valence-corrected chi connectivity index (χ1v) is 32.9. The van der Waals surface area contributed by atoms with Gasteiger partial charge >= 0.3 is 0 Å². The molecule has 7 heteroatoms. The Morgan fingerprint density at radius 3 is 1.11 bits per heavy atom. The van der Waals surface area contributed by atoms with Crippen LogP contribution in [0.1, 0.15) is 0 Å². The maximum absolute atomic E-state index is 6.01. The van der Waals surface area contributed by atoms with Crippen molar-refractivity contribution >= 4 is 132 Å². The van der Waals surface area contributed by atoms with Crippen LogP contribution in [0.5, 0.6) is 0 Å². The van der Waals surface area contributed by atoms with Crippen LogP contribution in [-0.2, 0) is 0 Å². The van der Waals surface area contributed by atoms with Crippen molar-refractivity contribution in [3.8, 4) is 50.7 Å². The number of fused-ring (bicyclic) bond motifs is 14. The van der Waals surface area contributed by atoms with E-state index in [1.165, 1.54) is 5.39 Å². The summed E-state index contributed by atoms with van der Waals surface area (Å²) in [5.74, 6) is 0.539. The lowest BCUT2D eigenvalue weighted by molar-refractivity contribution is 0.997. The Hall–Kier alpha value is -13.1. The van der Waals surface area contributed by atoms with Gasteiger partial charge < -0.3 is 9.80 Å². The van der Waals surface area contributed by atoms with E-state index in [2.05, 4.69) is 360 Å². The van der Waals surface area contributed by atoms with Crippen LogP contribution in [0.2, 0.25) is 0 Å². The van der Waals surface area contributed by atoms with Gasteiger partial charge in [0.05, 0.1) is 44.5 Å². The number of hydrogen-bond donors (Lipinski definition) is 0. The molecule has 0 fully saturated rings. The summed E-state index contributed by atoms with van der Waals surface area (Å²) < 4.78 is 2.27.